The van der Waals surface area contributed by atoms with Gasteiger partial charge < -0.3 is 10.2 Å². The van der Waals surface area contributed by atoms with Crippen molar-refractivity contribution in [3.05, 3.63) is 0 Å². The summed E-state index contributed by atoms with van der Waals surface area (Å²) in [5, 5.41) is 2.62. The van der Waals surface area contributed by atoms with Crippen LogP contribution in [0.4, 0.5) is 0 Å². The molecule has 0 aliphatic carbocycles. The number of rotatable bonds is 1. The number of nitrogens with zero attached hydrogens (tertiary/aromatic N) is 1. The average molecular weight is 184 g/mol. The molecule has 1 aliphatic heterocycles. The summed E-state index contributed by atoms with van der Waals surface area (Å²) in [5.74, 6) is 0.0993. The highest BCUT2D eigenvalue weighted by molar-refractivity contribution is 5.80. The van der Waals surface area contributed by atoms with Crippen LogP contribution in [0.15, 0.2) is 0 Å². The molecule has 1 N–H and O–H groups in total. The Kier molecular flexibility index (Phi) is 3.28. The normalized spacial score (nSPS) is 22.6. The fourth-order valence-corrected chi connectivity index (χ4v) is 1.68. The minimum Gasteiger partial charge on any atom is -0.359 e. The molecule has 2 amide bonds. The summed E-state index contributed by atoms with van der Waals surface area (Å²) in [5.41, 5.74) is 0. The van der Waals surface area contributed by atoms with Gasteiger partial charge in [0.25, 0.3) is 0 Å². The molecule has 0 aromatic heterocycles. The zero-order valence-electron chi connectivity index (χ0n) is 8.17. The highest BCUT2D eigenvalue weighted by Crippen LogP contribution is 2.16. The minimum atomic E-state index is -0.0114. The maximum atomic E-state index is 11.3. The third kappa shape index (κ3) is 2.44. The number of amides is 2. The summed E-state index contributed by atoms with van der Waals surface area (Å²) in [6.07, 6.45) is 1.82. The van der Waals surface area contributed by atoms with E-state index in [9.17, 15) is 9.59 Å². The number of likely N-dealkylation sites (tertiary alicyclic amines) is 1. The molecule has 0 aromatic carbocycles. The van der Waals surface area contributed by atoms with Gasteiger partial charge >= 0.3 is 0 Å². The molecule has 0 saturated carbocycles. The van der Waals surface area contributed by atoms with Crippen LogP contribution in [0.5, 0.6) is 0 Å². The predicted octanol–water partition coefficient (Wildman–Crippen LogP) is -0.00910. The molecule has 1 saturated heterocycles. The van der Waals surface area contributed by atoms with Gasteiger partial charge in [0.2, 0.25) is 11.8 Å². The fraction of sp³-hybridized carbons (Fsp3) is 0.778. The van der Waals surface area contributed by atoms with E-state index in [2.05, 4.69) is 5.32 Å². The lowest BCUT2D eigenvalue weighted by Crippen LogP contribution is -2.43. The molecule has 13 heavy (non-hydrogen) atoms. The second-order valence-electron chi connectivity index (χ2n) is 3.42. The van der Waals surface area contributed by atoms with Gasteiger partial charge in [-0.2, -0.15) is 0 Å². The molecule has 1 fully saturated rings. The van der Waals surface area contributed by atoms with Crippen molar-refractivity contribution in [1.29, 1.82) is 0 Å². The SMILES string of the molecule is CNC(=O)[C@@H]1CCCN(C(C)=O)C1. The molecule has 4 heteroatoms. The Hall–Kier alpha value is -1.06. The van der Waals surface area contributed by atoms with Gasteiger partial charge in [-0.05, 0) is 12.8 Å². The molecule has 1 heterocycles. The van der Waals surface area contributed by atoms with E-state index >= 15 is 0 Å². The molecule has 74 valence electrons. The molecular formula is C9H16N2O2. The summed E-state index contributed by atoms with van der Waals surface area (Å²) in [7, 11) is 1.63. The van der Waals surface area contributed by atoms with Gasteiger partial charge in [0, 0.05) is 27.1 Å². The van der Waals surface area contributed by atoms with Gasteiger partial charge in [0.05, 0.1) is 5.92 Å². The van der Waals surface area contributed by atoms with E-state index in [1.54, 1.807) is 18.9 Å². The van der Waals surface area contributed by atoms with E-state index in [-0.39, 0.29) is 17.7 Å². The van der Waals surface area contributed by atoms with Crippen LogP contribution >= 0.6 is 0 Å². The topological polar surface area (TPSA) is 49.4 Å². The van der Waals surface area contributed by atoms with Crippen molar-refractivity contribution in [2.75, 3.05) is 20.1 Å². The van der Waals surface area contributed by atoms with Crippen molar-refractivity contribution in [3.63, 3.8) is 0 Å². The third-order valence-corrected chi connectivity index (χ3v) is 2.48. The van der Waals surface area contributed by atoms with E-state index in [4.69, 9.17) is 0 Å². The van der Waals surface area contributed by atoms with Crippen molar-refractivity contribution in [1.82, 2.24) is 10.2 Å². The van der Waals surface area contributed by atoms with Crippen LogP contribution in [-0.4, -0.2) is 36.9 Å². The molecule has 1 rings (SSSR count). The van der Waals surface area contributed by atoms with Crippen LogP contribution in [0, 0.1) is 5.92 Å². The first-order chi connectivity index (χ1) is 6.15. The maximum absolute atomic E-state index is 11.3. The molecule has 0 unspecified atom stereocenters. The summed E-state index contributed by atoms with van der Waals surface area (Å²) in [6.45, 7) is 2.92. The average Bonchev–Trinajstić information content (AvgIpc) is 2.17. The number of carbonyl (C=O) groups is 2. The maximum Gasteiger partial charge on any atom is 0.224 e. The summed E-state index contributed by atoms with van der Waals surface area (Å²) < 4.78 is 0. The van der Waals surface area contributed by atoms with Crippen LogP contribution in [0.2, 0.25) is 0 Å². The zero-order valence-corrected chi connectivity index (χ0v) is 8.17. The van der Waals surface area contributed by atoms with Crippen molar-refractivity contribution in [2.45, 2.75) is 19.8 Å². The van der Waals surface area contributed by atoms with Gasteiger partial charge in [-0.1, -0.05) is 0 Å². The van der Waals surface area contributed by atoms with Crippen LogP contribution in [0.1, 0.15) is 19.8 Å². The van der Waals surface area contributed by atoms with E-state index in [1.807, 2.05) is 0 Å². The molecule has 1 atom stereocenters. The fourth-order valence-electron chi connectivity index (χ4n) is 1.68. The van der Waals surface area contributed by atoms with Crippen LogP contribution in [0.3, 0.4) is 0 Å². The van der Waals surface area contributed by atoms with E-state index in [1.165, 1.54) is 0 Å². The van der Waals surface area contributed by atoms with Gasteiger partial charge in [-0.3, -0.25) is 9.59 Å². The molecular weight excluding hydrogens is 168 g/mol. The van der Waals surface area contributed by atoms with Crippen molar-refractivity contribution in [2.24, 2.45) is 5.92 Å². The first kappa shape index (κ1) is 10.0. The Bertz CT molecular complexity index is 216. The Morgan fingerprint density at radius 1 is 1.46 bits per heavy atom. The summed E-state index contributed by atoms with van der Waals surface area (Å²) >= 11 is 0. The van der Waals surface area contributed by atoms with Crippen molar-refractivity contribution in [3.8, 4) is 0 Å². The Morgan fingerprint density at radius 2 is 2.15 bits per heavy atom. The largest absolute Gasteiger partial charge is 0.359 e. The van der Waals surface area contributed by atoms with Gasteiger partial charge in [-0.25, -0.2) is 0 Å². The molecule has 0 radical (unpaired) electrons. The lowest BCUT2D eigenvalue weighted by atomic mass is 9.97. The lowest BCUT2D eigenvalue weighted by Gasteiger charge is -2.30. The number of hydrogen-bond acceptors (Lipinski definition) is 2. The first-order valence-corrected chi connectivity index (χ1v) is 4.62. The van der Waals surface area contributed by atoms with E-state index < -0.39 is 0 Å². The Balaban J connectivity index is 2.51. The predicted molar refractivity (Wildman–Crippen MR) is 49.0 cm³/mol. The number of nitrogens with one attached hydrogen (secondary N) is 1. The quantitative estimate of drug-likeness (QED) is 0.623. The van der Waals surface area contributed by atoms with Crippen molar-refractivity contribution < 1.29 is 9.59 Å². The standard InChI is InChI=1S/C9H16N2O2/c1-7(12)11-5-3-4-8(6-11)9(13)10-2/h8H,3-6H2,1-2H3,(H,10,13)/t8-/m1/s1. The minimum absolute atomic E-state index is 0.0114. The molecule has 0 aromatic rings. The highest BCUT2D eigenvalue weighted by atomic mass is 16.2. The Morgan fingerprint density at radius 3 is 2.69 bits per heavy atom. The number of hydrogen-bond donors (Lipinski definition) is 1. The van der Waals surface area contributed by atoms with Gasteiger partial charge in [0.15, 0.2) is 0 Å². The molecule has 1 aliphatic rings. The van der Waals surface area contributed by atoms with Crippen molar-refractivity contribution >= 4 is 11.8 Å². The first-order valence-electron chi connectivity index (χ1n) is 4.62. The van der Waals surface area contributed by atoms with Crippen LogP contribution < -0.4 is 5.32 Å². The molecule has 0 spiro atoms. The summed E-state index contributed by atoms with van der Waals surface area (Å²) in [4.78, 5) is 24.1. The highest BCUT2D eigenvalue weighted by Gasteiger charge is 2.25. The second-order valence-corrected chi connectivity index (χ2v) is 3.42. The third-order valence-electron chi connectivity index (χ3n) is 2.48. The number of carbonyl (C=O) groups excluding carboxylic acids is 2. The molecule has 0 bridgehead atoms. The van der Waals surface area contributed by atoms with E-state index in [0.29, 0.717) is 6.54 Å². The van der Waals surface area contributed by atoms with Gasteiger partial charge in [-0.15, -0.1) is 0 Å². The lowest BCUT2D eigenvalue weighted by molar-refractivity contribution is -0.133. The Labute approximate surface area is 78.3 Å². The second kappa shape index (κ2) is 4.25. The number of piperidine rings is 1. The van der Waals surface area contributed by atoms with Crippen LogP contribution in [0.25, 0.3) is 0 Å². The zero-order chi connectivity index (χ0) is 9.84. The monoisotopic (exact) mass is 184 g/mol. The van der Waals surface area contributed by atoms with Crippen LogP contribution in [-0.2, 0) is 9.59 Å². The summed E-state index contributed by atoms with van der Waals surface area (Å²) in [6, 6.07) is 0. The smallest absolute Gasteiger partial charge is 0.224 e. The van der Waals surface area contributed by atoms with Gasteiger partial charge in [0.1, 0.15) is 0 Å². The van der Waals surface area contributed by atoms with E-state index in [0.717, 1.165) is 19.4 Å². The molecule has 4 nitrogen and oxygen atoms in total.